The second kappa shape index (κ2) is 44.8. The minimum Gasteiger partial charge on any atom is -0.455 e. The molecule has 0 aliphatic carbocycles. The molecule has 0 bridgehead atoms. The highest BCUT2D eigenvalue weighted by molar-refractivity contribution is 7.80. The lowest BCUT2D eigenvalue weighted by atomic mass is 9.80. The molecule has 0 aromatic carbocycles. The van der Waals surface area contributed by atoms with E-state index in [2.05, 4.69) is 59.6 Å². The van der Waals surface area contributed by atoms with E-state index in [0.717, 1.165) is 77.0 Å². The average molecular weight is 1210 g/mol. The summed E-state index contributed by atoms with van der Waals surface area (Å²) in [5.74, 6) is 0.146. The molecule has 0 aromatic heterocycles. The van der Waals surface area contributed by atoms with Crippen molar-refractivity contribution in [3.8, 4) is 0 Å². The maximum Gasteiger partial charge on any atom is 0.397 e. The number of carbonyl (C=O) groups is 2. The van der Waals surface area contributed by atoms with Crippen LogP contribution in [-0.4, -0.2) is 136 Å². The molecule has 2 saturated heterocycles. The summed E-state index contributed by atoms with van der Waals surface area (Å²) >= 11 is 0. The summed E-state index contributed by atoms with van der Waals surface area (Å²) in [6.45, 7) is 18.0. The molecule has 2 aliphatic heterocycles. The summed E-state index contributed by atoms with van der Waals surface area (Å²) in [4.78, 5) is 27.7. The minimum absolute atomic E-state index is 0.0558. The van der Waals surface area contributed by atoms with Crippen molar-refractivity contribution >= 4 is 22.3 Å². The first-order chi connectivity index (χ1) is 39.5. The van der Waals surface area contributed by atoms with Gasteiger partial charge in [0.2, 0.25) is 6.29 Å². The Kier molecular flexibility index (Phi) is 41.9. The van der Waals surface area contributed by atoms with Crippen molar-refractivity contribution in [1.29, 1.82) is 0 Å². The second-order valence-corrected chi connectivity index (χ2v) is 27.4. The van der Waals surface area contributed by atoms with Gasteiger partial charge in [-0.15, -0.1) is 0 Å². The molecule has 7 N–H and O–H groups in total. The number of unbranched alkanes of at least 4 members (excludes halogenated alkanes) is 24. The van der Waals surface area contributed by atoms with E-state index in [9.17, 15) is 53.2 Å². The molecule has 2 heterocycles. The molecular formula is C65H124O17S. The van der Waals surface area contributed by atoms with E-state index in [1.54, 1.807) is 6.92 Å². The molecule has 17 nitrogen and oxygen atoms in total. The highest BCUT2D eigenvalue weighted by Crippen LogP contribution is 2.35. The standard InChI is InChI=1S/C65H124O17S/c1-10-12-14-16-18-20-22-24-26-28-30-32-34-36-53(68)51(8)42-49(6)40-47(4)38-46(3)39-48(5)41-50(7)43-52(9)63(73)80-60-58(71)55(45-67)78-65(81-64-61(82-83(74,75)76)59(72)57(70)54(44-66)77-64)62(60)79-56(69)37-35-33-31-29-27-25-23-21-19-17-15-13-11-2/h46-55,57-62,64-68,70-72H,10-45H2,1-9H3,(H,74,75,76)/t46-,47+,48-,49+,50-,51+,52+,53-,54+,55-,57+,58-,59-,60+,61+,62-,64+,65-/m0/s1. The molecule has 0 amide bonds. The van der Waals surface area contributed by atoms with Crippen LogP contribution in [0.5, 0.6) is 0 Å². The highest BCUT2D eigenvalue weighted by Gasteiger charge is 2.55. The number of esters is 2. The van der Waals surface area contributed by atoms with Crippen molar-refractivity contribution in [2.24, 2.45) is 41.4 Å². The zero-order chi connectivity index (χ0) is 61.7. The van der Waals surface area contributed by atoms with Crippen molar-refractivity contribution in [3.63, 3.8) is 0 Å². The molecule has 0 spiro atoms. The molecule has 492 valence electrons. The Bertz CT molecular complexity index is 1740. The molecule has 0 saturated carbocycles. The third-order valence-electron chi connectivity index (χ3n) is 17.5. The van der Waals surface area contributed by atoms with Gasteiger partial charge in [-0.05, 0) is 86.9 Å². The van der Waals surface area contributed by atoms with Gasteiger partial charge in [0, 0.05) is 6.42 Å². The van der Waals surface area contributed by atoms with Gasteiger partial charge in [0.25, 0.3) is 0 Å². The van der Waals surface area contributed by atoms with Crippen molar-refractivity contribution in [1.82, 2.24) is 0 Å². The number of rotatable bonds is 50. The first-order valence-corrected chi connectivity index (χ1v) is 34.9. The van der Waals surface area contributed by atoms with Gasteiger partial charge in [0.05, 0.1) is 25.2 Å². The van der Waals surface area contributed by atoms with E-state index in [1.807, 2.05) is 0 Å². The molecular weight excluding hydrogens is 1080 g/mol. The molecule has 2 rings (SSSR count). The normalized spacial score (nSPS) is 26.2. The number of aliphatic hydroxyl groups excluding tert-OH is 6. The van der Waals surface area contributed by atoms with Crippen LogP contribution in [0.15, 0.2) is 0 Å². The third-order valence-corrected chi connectivity index (χ3v) is 18.0. The van der Waals surface area contributed by atoms with Crippen LogP contribution < -0.4 is 0 Å². The van der Waals surface area contributed by atoms with Gasteiger partial charge in [0.1, 0.15) is 30.5 Å². The summed E-state index contributed by atoms with van der Waals surface area (Å²) in [7, 11) is -5.32. The van der Waals surface area contributed by atoms with Gasteiger partial charge in [-0.1, -0.05) is 223 Å². The quantitative estimate of drug-likeness (QED) is 0.0170. The molecule has 18 heteroatoms. The van der Waals surface area contributed by atoms with Crippen LogP contribution in [0.1, 0.15) is 281 Å². The third kappa shape index (κ3) is 33.6. The SMILES string of the molecule is CCCCCCCCCCCCCCCC(=O)O[C@@H]1[C@H](O[C@H]2O[C@H](CO)[C@@H](O)[C@H](O)[C@H]2OS(=O)(=O)O)O[C@@H](CO)[C@H](O)[C@H]1OC(=O)[C@H](C)C[C@@H](C)C[C@@H](C)C[C@@H](C)C[C@@H](C)C[C@@H](C)C[C@@H](C)[C@@H](O)CCCCCCCCCCCCCCC. The average Bonchev–Trinajstić information content (AvgIpc) is 3.26. The lowest BCUT2D eigenvalue weighted by Crippen LogP contribution is -2.65. The fourth-order valence-corrected chi connectivity index (χ4v) is 13.6. The predicted molar refractivity (Wildman–Crippen MR) is 325 cm³/mol. The number of hydrogen-bond donors (Lipinski definition) is 7. The largest absolute Gasteiger partial charge is 0.455 e. The van der Waals surface area contributed by atoms with Crippen LogP contribution >= 0.6 is 0 Å². The Labute approximate surface area is 504 Å². The smallest absolute Gasteiger partial charge is 0.397 e. The van der Waals surface area contributed by atoms with Gasteiger partial charge in [-0.25, -0.2) is 4.18 Å². The lowest BCUT2D eigenvalue weighted by molar-refractivity contribution is -0.374. The summed E-state index contributed by atoms with van der Waals surface area (Å²) in [5, 5.41) is 64.3. The van der Waals surface area contributed by atoms with E-state index >= 15 is 0 Å². The summed E-state index contributed by atoms with van der Waals surface area (Å²) in [5.41, 5.74) is 0. The van der Waals surface area contributed by atoms with Crippen LogP contribution in [0.3, 0.4) is 0 Å². The predicted octanol–water partition coefficient (Wildman–Crippen LogP) is 12.6. The Balaban J connectivity index is 1.99. The summed E-state index contributed by atoms with van der Waals surface area (Å²) in [6, 6.07) is 0. The lowest BCUT2D eigenvalue weighted by Gasteiger charge is -2.46. The van der Waals surface area contributed by atoms with Crippen LogP contribution in [0.2, 0.25) is 0 Å². The van der Waals surface area contributed by atoms with Crippen molar-refractivity contribution in [3.05, 3.63) is 0 Å². The van der Waals surface area contributed by atoms with Crippen molar-refractivity contribution in [2.75, 3.05) is 13.2 Å². The first-order valence-electron chi connectivity index (χ1n) is 33.5. The van der Waals surface area contributed by atoms with Crippen molar-refractivity contribution in [2.45, 2.75) is 348 Å². The Morgan fingerprint density at radius 1 is 0.470 bits per heavy atom. The van der Waals surface area contributed by atoms with E-state index < -0.39 is 103 Å². The fourth-order valence-electron chi connectivity index (χ4n) is 13.1. The zero-order valence-corrected chi connectivity index (χ0v) is 54.3. The molecule has 18 atom stereocenters. The van der Waals surface area contributed by atoms with E-state index in [-0.39, 0.29) is 24.4 Å². The maximum absolute atomic E-state index is 14.1. The molecule has 2 fully saturated rings. The summed E-state index contributed by atoms with van der Waals surface area (Å²) in [6.07, 6.45) is 19.2. The maximum atomic E-state index is 14.1. The van der Waals surface area contributed by atoms with Crippen LogP contribution in [0.4, 0.5) is 0 Å². The minimum atomic E-state index is -5.32. The monoisotopic (exact) mass is 1210 g/mol. The highest BCUT2D eigenvalue weighted by atomic mass is 32.3. The van der Waals surface area contributed by atoms with E-state index in [1.165, 1.54) is 122 Å². The molecule has 83 heavy (non-hydrogen) atoms. The van der Waals surface area contributed by atoms with Crippen molar-refractivity contribution < 1.29 is 81.1 Å². The van der Waals surface area contributed by atoms with Gasteiger partial charge >= 0.3 is 22.3 Å². The zero-order valence-electron chi connectivity index (χ0n) is 53.5. The fraction of sp³-hybridized carbons (Fsp3) is 0.969. The van der Waals surface area contributed by atoms with E-state index in [0.29, 0.717) is 36.5 Å². The molecule has 0 unspecified atom stereocenters. The number of aliphatic hydroxyl groups is 6. The first kappa shape index (κ1) is 77.5. The number of carbonyl (C=O) groups excluding carboxylic acids is 2. The number of hydrogen-bond acceptors (Lipinski definition) is 16. The summed E-state index contributed by atoms with van der Waals surface area (Å²) < 4.78 is 67.3. The Morgan fingerprint density at radius 2 is 0.843 bits per heavy atom. The van der Waals surface area contributed by atoms with Gasteiger partial charge in [0.15, 0.2) is 24.6 Å². The Hall–Kier alpha value is -1.55. The molecule has 2 aliphatic rings. The van der Waals surface area contributed by atoms with Gasteiger partial charge in [-0.2, -0.15) is 8.42 Å². The topological polar surface area (TPSA) is 265 Å². The Morgan fingerprint density at radius 3 is 1.27 bits per heavy atom. The molecule has 0 aromatic rings. The second-order valence-electron chi connectivity index (χ2n) is 26.3. The van der Waals surface area contributed by atoms with Crippen LogP contribution in [-0.2, 0) is 47.9 Å². The van der Waals surface area contributed by atoms with Gasteiger partial charge < -0.3 is 54.3 Å². The van der Waals surface area contributed by atoms with E-state index in [4.69, 9.17) is 23.7 Å². The van der Waals surface area contributed by atoms with Crippen LogP contribution in [0, 0.1) is 41.4 Å². The van der Waals surface area contributed by atoms with Crippen LogP contribution in [0.25, 0.3) is 0 Å². The number of ether oxygens (including phenoxy) is 5. The molecule has 0 radical (unpaired) electrons. The van der Waals surface area contributed by atoms with Gasteiger partial charge in [-0.3, -0.25) is 14.1 Å².